The van der Waals surface area contributed by atoms with E-state index in [9.17, 15) is 4.79 Å². The Kier molecular flexibility index (Phi) is 4.72. The molecule has 1 amide bonds. The zero-order chi connectivity index (χ0) is 17.1. The van der Waals surface area contributed by atoms with Gasteiger partial charge in [-0.15, -0.1) is 0 Å². The van der Waals surface area contributed by atoms with Crippen molar-refractivity contribution in [3.63, 3.8) is 0 Å². The summed E-state index contributed by atoms with van der Waals surface area (Å²) in [5.41, 5.74) is 1.39. The average molecular weight is 339 g/mol. The van der Waals surface area contributed by atoms with Crippen LogP contribution < -0.4 is 0 Å². The van der Waals surface area contributed by atoms with Crippen LogP contribution in [-0.4, -0.2) is 52.2 Å². The molecule has 3 atom stereocenters. The second-order valence-corrected chi connectivity index (χ2v) is 6.36. The summed E-state index contributed by atoms with van der Waals surface area (Å²) in [6.45, 7) is 1.60. The lowest BCUT2D eigenvalue weighted by Crippen LogP contribution is -2.54. The second-order valence-electron chi connectivity index (χ2n) is 6.36. The summed E-state index contributed by atoms with van der Waals surface area (Å²) >= 11 is 0. The van der Waals surface area contributed by atoms with E-state index in [0.29, 0.717) is 25.5 Å². The van der Waals surface area contributed by atoms with E-state index in [1.54, 1.807) is 18.5 Å². The molecular weight excluding hydrogens is 318 g/mol. The van der Waals surface area contributed by atoms with Crippen molar-refractivity contribution in [1.82, 2.24) is 14.9 Å². The van der Waals surface area contributed by atoms with Gasteiger partial charge in [0.1, 0.15) is 11.8 Å². The normalized spacial score (nSPS) is 25.6. The van der Waals surface area contributed by atoms with Crippen LogP contribution in [0.25, 0.3) is 0 Å². The molecule has 0 N–H and O–H groups in total. The van der Waals surface area contributed by atoms with Crippen molar-refractivity contribution in [2.24, 2.45) is 0 Å². The third-order valence-electron chi connectivity index (χ3n) is 4.85. The summed E-state index contributed by atoms with van der Waals surface area (Å²) in [4.78, 5) is 23.2. The maximum atomic E-state index is 12.8. The minimum Gasteiger partial charge on any atom is -0.372 e. The molecule has 2 aromatic heterocycles. The molecule has 1 aliphatic heterocycles. The Morgan fingerprint density at radius 3 is 2.76 bits per heavy atom. The second kappa shape index (κ2) is 7.29. The number of aromatic nitrogens is 2. The predicted molar refractivity (Wildman–Crippen MR) is 90.8 cm³/mol. The van der Waals surface area contributed by atoms with Gasteiger partial charge in [-0.1, -0.05) is 12.1 Å². The van der Waals surface area contributed by atoms with Gasteiger partial charge in [0.25, 0.3) is 5.91 Å². The molecule has 25 heavy (non-hydrogen) atoms. The molecule has 2 fully saturated rings. The molecule has 2 aliphatic rings. The minimum absolute atomic E-state index is 0.00802. The maximum absolute atomic E-state index is 12.8. The number of hydrogen-bond donors (Lipinski definition) is 0. The number of morpholine rings is 1. The molecule has 1 saturated heterocycles. The lowest BCUT2D eigenvalue weighted by atomic mass is 10.1. The van der Waals surface area contributed by atoms with Crippen LogP contribution in [0.5, 0.6) is 0 Å². The Balaban J connectivity index is 1.42. The zero-order valence-electron chi connectivity index (χ0n) is 14.0. The highest BCUT2D eigenvalue weighted by atomic mass is 16.5. The van der Waals surface area contributed by atoms with Crippen molar-refractivity contribution >= 4 is 5.91 Å². The first kappa shape index (κ1) is 16.2. The molecular formula is C19H21N3O3. The lowest BCUT2D eigenvalue weighted by Gasteiger charge is -2.38. The Morgan fingerprint density at radius 1 is 1.16 bits per heavy atom. The van der Waals surface area contributed by atoms with E-state index in [1.165, 1.54) is 0 Å². The highest BCUT2D eigenvalue weighted by Gasteiger charge is 2.45. The summed E-state index contributed by atoms with van der Waals surface area (Å²) in [6.07, 6.45) is 5.10. The monoisotopic (exact) mass is 339 g/mol. The van der Waals surface area contributed by atoms with Gasteiger partial charge >= 0.3 is 0 Å². The van der Waals surface area contributed by atoms with Crippen molar-refractivity contribution in [3.8, 4) is 0 Å². The molecule has 0 radical (unpaired) electrons. The van der Waals surface area contributed by atoms with E-state index in [1.807, 2.05) is 35.2 Å². The van der Waals surface area contributed by atoms with E-state index < -0.39 is 0 Å². The van der Waals surface area contributed by atoms with E-state index in [2.05, 4.69) is 9.97 Å². The van der Waals surface area contributed by atoms with Crippen molar-refractivity contribution < 1.29 is 14.3 Å². The van der Waals surface area contributed by atoms with Crippen LogP contribution in [0.4, 0.5) is 0 Å². The SMILES string of the molecule is O=C(c1ccccn1)N1CCO[C@H]2[C@@H](OCc3ccccn3)CC[C@@H]21. The molecule has 130 valence electrons. The van der Waals surface area contributed by atoms with Gasteiger partial charge in [-0.3, -0.25) is 14.8 Å². The first-order valence-corrected chi connectivity index (χ1v) is 8.68. The first-order chi connectivity index (χ1) is 12.3. The number of ether oxygens (including phenoxy) is 2. The highest BCUT2D eigenvalue weighted by molar-refractivity contribution is 5.92. The van der Waals surface area contributed by atoms with Gasteiger partial charge in [0.2, 0.25) is 0 Å². The number of carbonyl (C=O) groups is 1. The van der Waals surface area contributed by atoms with Crippen LogP contribution in [-0.2, 0) is 16.1 Å². The summed E-state index contributed by atoms with van der Waals surface area (Å²) in [6, 6.07) is 11.3. The molecule has 6 nitrogen and oxygen atoms in total. The van der Waals surface area contributed by atoms with Crippen molar-refractivity contribution in [2.45, 2.75) is 37.7 Å². The maximum Gasteiger partial charge on any atom is 0.272 e. The smallest absolute Gasteiger partial charge is 0.272 e. The summed E-state index contributed by atoms with van der Waals surface area (Å²) in [5.74, 6) is -0.0238. The lowest BCUT2D eigenvalue weighted by molar-refractivity contribution is -0.109. The molecule has 1 aliphatic carbocycles. The summed E-state index contributed by atoms with van der Waals surface area (Å²) in [7, 11) is 0. The van der Waals surface area contributed by atoms with Crippen molar-refractivity contribution in [1.29, 1.82) is 0 Å². The molecule has 0 aromatic carbocycles. The van der Waals surface area contributed by atoms with Gasteiger partial charge in [0.15, 0.2) is 0 Å². The van der Waals surface area contributed by atoms with Gasteiger partial charge < -0.3 is 14.4 Å². The van der Waals surface area contributed by atoms with Crippen LogP contribution in [0.3, 0.4) is 0 Å². The molecule has 0 spiro atoms. The fraction of sp³-hybridized carbons (Fsp3) is 0.421. The van der Waals surface area contributed by atoms with E-state index >= 15 is 0 Å². The molecule has 6 heteroatoms. The fourth-order valence-electron chi connectivity index (χ4n) is 3.66. The summed E-state index contributed by atoms with van der Waals surface area (Å²) in [5, 5.41) is 0. The predicted octanol–water partition coefficient (Wildman–Crippen LogP) is 2.07. The number of rotatable bonds is 4. The quantitative estimate of drug-likeness (QED) is 0.853. The van der Waals surface area contributed by atoms with Crippen LogP contribution in [0.1, 0.15) is 29.0 Å². The number of hydrogen-bond acceptors (Lipinski definition) is 5. The Morgan fingerprint density at radius 2 is 2.00 bits per heavy atom. The first-order valence-electron chi connectivity index (χ1n) is 8.68. The summed E-state index contributed by atoms with van der Waals surface area (Å²) < 4.78 is 12.0. The number of nitrogens with zero attached hydrogens (tertiary/aromatic N) is 3. The topological polar surface area (TPSA) is 64.6 Å². The number of amides is 1. The third kappa shape index (κ3) is 3.41. The Labute approximate surface area is 146 Å². The molecule has 1 saturated carbocycles. The number of pyridine rings is 2. The largest absolute Gasteiger partial charge is 0.372 e. The minimum atomic E-state index is -0.0786. The van der Waals surface area contributed by atoms with Crippen LogP contribution in [0.2, 0.25) is 0 Å². The van der Waals surface area contributed by atoms with Crippen LogP contribution in [0, 0.1) is 0 Å². The van der Waals surface area contributed by atoms with Crippen LogP contribution in [0.15, 0.2) is 48.8 Å². The molecule has 4 rings (SSSR count). The fourth-order valence-corrected chi connectivity index (χ4v) is 3.66. The molecule has 0 bridgehead atoms. The van der Waals surface area contributed by atoms with Crippen LogP contribution >= 0.6 is 0 Å². The van der Waals surface area contributed by atoms with E-state index in [0.717, 1.165) is 18.5 Å². The van der Waals surface area contributed by atoms with E-state index in [-0.39, 0.29) is 24.2 Å². The highest BCUT2D eigenvalue weighted by Crippen LogP contribution is 2.33. The molecule has 0 unspecified atom stereocenters. The van der Waals surface area contributed by atoms with Gasteiger partial charge in [0, 0.05) is 18.9 Å². The van der Waals surface area contributed by atoms with Gasteiger partial charge in [-0.25, -0.2) is 0 Å². The Hall–Kier alpha value is -2.31. The zero-order valence-corrected chi connectivity index (χ0v) is 14.0. The third-order valence-corrected chi connectivity index (χ3v) is 4.85. The molecule has 2 aromatic rings. The van der Waals surface area contributed by atoms with Crippen molar-refractivity contribution in [3.05, 3.63) is 60.2 Å². The average Bonchev–Trinajstić information content (AvgIpc) is 3.10. The Bertz CT molecular complexity index is 710. The van der Waals surface area contributed by atoms with Gasteiger partial charge in [-0.05, 0) is 37.1 Å². The number of fused-ring (bicyclic) bond motifs is 1. The standard InChI is InChI=1S/C19H21N3O3/c23-19(15-6-2-4-10-21-15)22-11-12-24-18-16(22)7-8-17(18)25-13-14-5-1-3-9-20-14/h1-6,9-10,16-18H,7-8,11-13H2/t16-,17-,18+/m0/s1. The molecule has 3 heterocycles. The van der Waals surface area contributed by atoms with E-state index in [4.69, 9.17) is 9.47 Å². The van der Waals surface area contributed by atoms with Crippen molar-refractivity contribution in [2.75, 3.05) is 13.2 Å². The van der Waals surface area contributed by atoms with Gasteiger partial charge in [-0.2, -0.15) is 0 Å². The van der Waals surface area contributed by atoms with Gasteiger partial charge in [0.05, 0.1) is 31.1 Å². The number of carbonyl (C=O) groups excluding carboxylic acids is 1.